The molecular weight excluding hydrogens is 362 g/mol. The van der Waals surface area contributed by atoms with Crippen LogP contribution >= 0.6 is 0 Å². The summed E-state index contributed by atoms with van der Waals surface area (Å²) in [5.74, 6) is -0.105. The molecule has 6 nitrogen and oxygen atoms in total. The molecule has 0 bridgehead atoms. The predicted octanol–water partition coefficient (Wildman–Crippen LogP) is 2.23. The van der Waals surface area contributed by atoms with E-state index < -0.39 is 0 Å². The van der Waals surface area contributed by atoms with Crippen LogP contribution in [0.2, 0.25) is 0 Å². The van der Waals surface area contributed by atoms with E-state index in [-0.39, 0.29) is 17.9 Å². The first-order chi connectivity index (χ1) is 14.2. The van der Waals surface area contributed by atoms with E-state index in [1.165, 1.54) is 5.56 Å². The Morgan fingerprint density at radius 1 is 1.00 bits per heavy atom. The van der Waals surface area contributed by atoms with E-state index in [0.717, 1.165) is 50.5 Å². The first-order valence-corrected chi connectivity index (χ1v) is 10.6. The highest BCUT2D eigenvalue weighted by atomic mass is 16.2. The molecule has 2 heterocycles. The van der Waals surface area contributed by atoms with Crippen LogP contribution in [0.4, 0.5) is 5.69 Å². The molecule has 154 valence electrons. The smallest absolute Gasteiger partial charge is 0.230 e. The molecule has 0 radical (unpaired) electrons. The number of carbonyl (C=O) groups is 1. The summed E-state index contributed by atoms with van der Waals surface area (Å²) < 4.78 is 0. The van der Waals surface area contributed by atoms with Crippen LogP contribution in [-0.4, -0.2) is 55.0 Å². The molecule has 2 aromatic carbocycles. The fraction of sp³-hybridized carbons (Fsp3) is 0.435. The summed E-state index contributed by atoms with van der Waals surface area (Å²) in [5.41, 5.74) is 9.63. The van der Waals surface area contributed by atoms with Gasteiger partial charge < -0.3 is 10.2 Å². The second-order valence-corrected chi connectivity index (χ2v) is 7.92. The molecular formula is C23H31N5O. The Labute approximate surface area is 173 Å². The summed E-state index contributed by atoms with van der Waals surface area (Å²) in [5, 5.41) is 3.09. The van der Waals surface area contributed by atoms with E-state index in [1.54, 1.807) is 0 Å². The van der Waals surface area contributed by atoms with Crippen LogP contribution < -0.4 is 16.2 Å². The fourth-order valence-corrected chi connectivity index (χ4v) is 4.17. The molecule has 2 unspecified atom stereocenters. The molecule has 0 saturated carbocycles. The minimum Gasteiger partial charge on any atom is -0.326 e. The van der Waals surface area contributed by atoms with Gasteiger partial charge in [0.15, 0.2) is 0 Å². The number of hydrogen-bond donors (Lipinski definition) is 3. The van der Waals surface area contributed by atoms with Crippen LogP contribution in [0.5, 0.6) is 0 Å². The highest BCUT2D eigenvalue weighted by molar-refractivity contribution is 5.93. The first-order valence-electron chi connectivity index (χ1n) is 10.6. The summed E-state index contributed by atoms with van der Waals surface area (Å²) in [6.07, 6.45) is 0. The van der Waals surface area contributed by atoms with Gasteiger partial charge in [-0.2, -0.15) is 0 Å². The molecule has 0 aliphatic carbocycles. The van der Waals surface area contributed by atoms with Crippen LogP contribution in [0.15, 0.2) is 54.6 Å². The molecule has 2 aromatic rings. The normalized spacial score (nSPS) is 23.2. The van der Waals surface area contributed by atoms with Crippen molar-refractivity contribution in [1.29, 1.82) is 0 Å². The Morgan fingerprint density at radius 3 is 2.38 bits per heavy atom. The maximum absolute atomic E-state index is 12.9. The van der Waals surface area contributed by atoms with E-state index >= 15 is 0 Å². The van der Waals surface area contributed by atoms with Gasteiger partial charge in [-0.1, -0.05) is 49.4 Å². The van der Waals surface area contributed by atoms with Crippen molar-refractivity contribution < 1.29 is 4.79 Å². The van der Waals surface area contributed by atoms with Crippen LogP contribution in [0.1, 0.15) is 24.1 Å². The number of nitrogens with zero attached hydrogens (tertiary/aromatic N) is 2. The van der Waals surface area contributed by atoms with Crippen LogP contribution in [0, 0.1) is 5.92 Å². The topological polar surface area (TPSA) is 59.6 Å². The molecule has 2 saturated heterocycles. The molecule has 2 fully saturated rings. The lowest BCUT2D eigenvalue weighted by Crippen LogP contribution is -2.45. The number of carbonyl (C=O) groups excluding carboxylic acids is 1. The molecule has 2 aliphatic rings. The number of hydrogen-bond acceptors (Lipinski definition) is 5. The number of rotatable bonds is 6. The quantitative estimate of drug-likeness (QED) is 0.703. The Kier molecular flexibility index (Phi) is 6.56. The van der Waals surface area contributed by atoms with Gasteiger partial charge in [-0.25, -0.2) is 5.43 Å². The molecule has 0 spiro atoms. The number of amides is 1. The maximum Gasteiger partial charge on any atom is 0.230 e. The SMILES string of the molecule is CCN1CCN(Cc2ccc(NC(=O)C3CNNC3c3ccccc3)cc2)CC1. The number of likely N-dealkylation sites (N-methyl/N-ethyl adjacent to an activating group) is 1. The van der Waals surface area contributed by atoms with Gasteiger partial charge in [-0.05, 0) is 29.8 Å². The molecule has 2 atom stereocenters. The zero-order chi connectivity index (χ0) is 20.1. The molecule has 29 heavy (non-hydrogen) atoms. The molecule has 1 amide bonds. The second kappa shape index (κ2) is 9.50. The third-order valence-corrected chi connectivity index (χ3v) is 6.02. The van der Waals surface area contributed by atoms with Crippen molar-refractivity contribution in [3.05, 3.63) is 65.7 Å². The first kappa shape index (κ1) is 20.0. The van der Waals surface area contributed by atoms with Crippen molar-refractivity contribution in [2.75, 3.05) is 44.6 Å². The fourth-order valence-electron chi connectivity index (χ4n) is 4.17. The lowest BCUT2D eigenvalue weighted by molar-refractivity contribution is -0.119. The second-order valence-electron chi connectivity index (χ2n) is 7.92. The van der Waals surface area contributed by atoms with Gasteiger partial charge in [0, 0.05) is 45.0 Å². The molecule has 6 heteroatoms. The van der Waals surface area contributed by atoms with Crippen molar-refractivity contribution in [2.45, 2.75) is 19.5 Å². The number of piperazine rings is 1. The molecule has 2 aliphatic heterocycles. The van der Waals surface area contributed by atoms with Gasteiger partial charge in [0.25, 0.3) is 0 Å². The van der Waals surface area contributed by atoms with Gasteiger partial charge in [-0.3, -0.25) is 15.1 Å². The highest BCUT2D eigenvalue weighted by Gasteiger charge is 2.33. The molecule has 0 aromatic heterocycles. The maximum atomic E-state index is 12.9. The largest absolute Gasteiger partial charge is 0.326 e. The van der Waals surface area contributed by atoms with Crippen LogP contribution in [0.3, 0.4) is 0 Å². The molecule has 4 rings (SSSR count). The predicted molar refractivity (Wildman–Crippen MR) is 116 cm³/mol. The number of benzene rings is 2. The van der Waals surface area contributed by atoms with Gasteiger partial charge in [-0.15, -0.1) is 0 Å². The highest BCUT2D eigenvalue weighted by Crippen LogP contribution is 2.26. The average Bonchev–Trinajstić information content (AvgIpc) is 3.26. The third-order valence-electron chi connectivity index (χ3n) is 6.02. The Bertz CT molecular complexity index is 787. The lowest BCUT2D eigenvalue weighted by atomic mass is 9.94. The number of nitrogens with one attached hydrogen (secondary N) is 3. The van der Waals surface area contributed by atoms with Gasteiger partial charge >= 0.3 is 0 Å². The van der Waals surface area contributed by atoms with E-state index in [1.807, 2.05) is 30.3 Å². The third kappa shape index (κ3) is 5.03. The van der Waals surface area contributed by atoms with Crippen molar-refractivity contribution in [3.8, 4) is 0 Å². The Balaban J connectivity index is 1.32. The summed E-state index contributed by atoms with van der Waals surface area (Å²) in [4.78, 5) is 17.8. The summed E-state index contributed by atoms with van der Waals surface area (Å²) >= 11 is 0. The minimum absolute atomic E-state index is 0.0164. The summed E-state index contributed by atoms with van der Waals surface area (Å²) in [6.45, 7) is 9.49. The van der Waals surface area contributed by atoms with Gasteiger partial charge in [0.05, 0.1) is 12.0 Å². The lowest BCUT2D eigenvalue weighted by Gasteiger charge is -2.34. The van der Waals surface area contributed by atoms with Crippen LogP contribution in [-0.2, 0) is 11.3 Å². The Morgan fingerprint density at radius 2 is 1.69 bits per heavy atom. The van der Waals surface area contributed by atoms with E-state index in [2.05, 4.69) is 57.2 Å². The van der Waals surface area contributed by atoms with Crippen molar-refractivity contribution in [1.82, 2.24) is 20.7 Å². The van der Waals surface area contributed by atoms with Crippen LogP contribution in [0.25, 0.3) is 0 Å². The van der Waals surface area contributed by atoms with E-state index in [9.17, 15) is 4.79 Å². The van der Waals surface area contributed by atoms with Crippen molar-refractivity contribution >= 4 is 11.6 Å². The molecule has 3 N–H and O–H groups in total. The monoisotopic (exact) mass is 393 g/mol. The zero-order valence-corrected chi connectivity index (χ0v) is 17.1. The average molecular weight is 394 g/mol. The Hall–Kier alpha value is -2.25. The van der Waals surface area contributed by atoms with Crippen molar-refractivity contribution in [2.24, 2.45) is 5.92 Å². The van der Waals surface area contributed by atoms with E-state index in [4.69, 9.17) is 0 Å². The number of hydrazine groups is 1. The van der Waals surface area contributed by atoms with Gasteiger partial charge in [0.1, 0.15) is 0 Å². The van der Waals surface area contributed by atoms with Gasteiger partial charge in [0.2, 0.25) is 5.91 Å². The zero-order valence-electron chi connectivity index (χ0n) is 17.1. The minimum atomic E-state index is -0.146. The van der Waals surface area contributed by atoms with Crippen molar-refractivity contribution in [3.63, 3.8) is 0 Å². The summed E-state index contributed by atoms with van der Waals surface area (Å²) in [7, 11) is 0. The van der Waals surface area contributed by atoms with E-state index in [0.29, 0.717) is 6.54 Å². The standard InChI is InChI=1S/C23H31N5O/c1-2-27-12-14-28(15-13-27)17-18-8-10-20(11-9-18)25-23(29)21-16-24-26-22(21)19-6-4-3-5-7-19/h3-11,21-22,24,26H,2,12-17H2,1H3,(H,25,29). The number of anilines is 1. The summed E-state index contributed by atoms with van der Waals surface area (Å²) in [6, 6.07) is 18.4.